The Morgan fingerprint density at radius 1 is 1.22 bits per heavy atom. The highest BCUT2D eigenvalue weighted by Gasteiger charge is 2.15. The monoisotopic (exact) mass is 244 g/mol. The van der Waals surface area contributed by atoms with Crippen molar-refractivity contribution in [3.8, 4) is 5.75 Å². The highest BCUT2D eigenvalue weighted by atomic mass is 16.4. The van der Waals surface area contributed by atoms with Gasteiger partial charge in [0.05, 0.1) is 0 Å². The van der Waals surface area contributed by atoms with Gasteiger partial charge in [-0.2, -0.15) is 0 Å². The number of hydrogen-bond donors (Lipinski definition) is 2. The zero-order valence-corrected chi connectivity index (χ0v) is 10.3. The number of hydrogen-bond acceptors (Lipinski definition) is 2. The molecule has 0 aliphatic heterocycles. The largest absolute Gasteiger partial charge is 0.506 e. The van der Waals surface area contributed by atoms with Gasteiger partial charge in [-0.3, -0.25) is 0 Å². The molecule has 2 N–H and O–H groups in total. The molecule has 0 aromatic heterocycles. The topological polar surface area (TPSA) is 57.5 Å². The van der Waals surface area contributed by atoms with Crippen LogP contribution in [0.5, 0.6) is 5.75 Å². The van der Waals surface area contributed by atoms with Gasteiger partial charge in [-0.05, 0) is 29.9 Å². The molecule has 0 saturated carbocycles. The highest BCUT2D eigenvalue weighted by molar-refractivity contribution is 6.01. The van der Waals surface area contributed by atoms with E-state index in [2.05, 4.69) is 6.92 Å². The Labute approximate surface area is 106 Å². The fraction of sp³-hybridized carbons (Fsp3) is 0.267. The minimum absolute atomic E-state index is 0.0141. The normalized spacial score (nSPS) is 10.7. The molecule has 2 aromatic carbocycles. The lowest BCUT2D eigenvalue weighted by molar-refractivity contribution is 0.0694. The molecule has 0 spiro atoms. The summed E-state index contributed by atoms with van der Waals surface area (Å²) < 4.78 is 0. The van der Waals surface area contributed by atoms with Crippen molar-refractivity contribution in [2.75, 3.05) is 0 Å². The third-order valence-electron chi connectivity index (χ3n) is 3.13. The number of aryl methyl sites for hydroxylation is 1. The summed E-state index contributed by atoms with van der Waals surface area (Å²) in [6, 6.07) is 8.98. The fourth-order valence-electron chi connectivity index (χ4n) is 2.17. The molecule has 0 radical (unpaired) electrons. The second-order valence-corrected chi connectivity index (χ2v) is 4.39. The summed E-state index contributed by atoms with van der Waals surface area (Å²) in [7, 11) is 0. The quantitative estimate of drug-likeness (QED) is 0.864. The summed E-state index contributed by atoms with van der Waals surface area (Å²) in [4.78, 5) is 11.1. The van der Waals surface area contributed by atoms with Crippen molar-refractivity contribution in [2.45, 2.75) is 26.2 Å². The molecule has 0 fully saturated rings. The lowest BCUT2D eigenvalue weighted by Gasteiger charge is -2.10. The summed E-state index contributed by atoms with van der Waals surface area (Å²) in [5.41, 5.74) is 0.974. The second kappa shape index (κ2) is 5.08. The molecule has 94 valence electrons. The zero-order valence-electron chi connectivity index (χ0n) is 10.3. The number of aromatic carboxylic acids is 1. The van der Waals surface area contributed by atoms with Crippen LogP contribution in [0.15, 0.2) is 30.3 Å². The van der Waals surface area contributed by atoms with E-state index in [-0.39, 0.29) is 11.3 Å². The molecule has 3 nitrogen and oxygen atoms in total. The van der Waals surface area contributed by atoms with Crippen LogP contribution in [-0.2, 0) is 6.42 Å². The first-order valence-electron chi connectivity index (χ1n) is 6.12. The van der Waals surface area contributed by atoms with E-state index in [0.717, 1.165) is 30.2 Å². The average Bonchev–Trinajstić information content (AvgIpc) is 2.38. The van der Waals surface area contributed by atoms with Crippen molar-refractivity contribution in [1.82, 2.24) is 0 Å². The van der Waals surface area contributed by atoms with Gasteiger partial charge in [0.2, 0.25) is 0 Å². The van der Waals surface area contributed by atoms with E-state index in [4.69, 9.17) is 5.11 Å². The van der Waals surface area contributed by atoms with Gasteiger partial charge >= 0.3 is 5.97 Å². The predicted octanol–water partition coefficient (Wildman–Crippen LogP) is 3.59. The van der Waals surface area contributed by atoms with Crippen LogP contribution in [0.3, 0.4) is 0 Å². The maximum Gasteiger partial charge on any atom is 0.339 e. The van der Waals surface area contributed by atoms with Gasteiger partial charge in [0.1, 0.15) is 11.3 Å². The first kappa shape index (κ1) is 12.4. The molecule has 18 heavy (non-hydrogen) atoms. The van der Waals surface area contributed by atoms with E-state index in [1.807, 2.05) is 12.1 Å². The summed E-state index contributed by atoms with van der Waals surface area (Å²) in [6.45, 7) is 2.10. The first-order valence-corrected chi connectivity index (χ1v) is 6.12. The number of phenols is 1. The van der Waals surface area contributed by atoms with Gasteiger partial charge in [-0.1, -0.05) is 37.6 Å². The van der Waals surface area contributed by atoms with Crippen molar-refractivity contribution < 1.29 is 15.0 Å². The van der Waals surface area contributed by atoms with Crippen molar-refractivity contribution in [1.29, 1.82) is 0 Å². The molecule has 0 unspecified atom stereocenters. The smallest absolute Gasteiger partial charge is 0.339 e. The highest BCUT2D eigenvalue weighted by Crippen LogP contribution is 2.32. The maximum absolute atomic E-state index is 11.1. The van der Waals surface area contributed by atoms with E-state index in [1.165, 1.54) is 0 Å². The van der Waals surface area contributed by atoms with Gasteiger partial charge in [0.25, 0.3) is 0 Å². The molecule has 0 aliphatic carbocycles. The van der Waals surface area contributed by atoms with Crippen LogP contribution >= 0.6 is 0 Å². The number of carboxylic acid groups (broad SMARTS) is 1. The van der Waals surface area contributed by atoms with Gasteiger partial charge in [0, 0.05) is 5.39 Å². The molecule has 2 aromatic rings. The number of rotatable bonds is 4. The lowest BCUT2D eigenvalue weighted by Crippen LogP contribution is -2.00. The van der Waals surface area contributed by atoms with Crippen LogP contribution in [0.1, 0.15) is 35.7 Å². The molecule has 3 heteroatoms. The Morgan fingerprint density at radius 3 is 2.50 bits per heavy atom. The van der Waals surface area contributed by atoms with Crippen molar-refractivity contribution in [3.05, 3.63) is 41.5 Å². The zero-order chi connectivity index (χ0) is 13.1. The van der Waals surface area contributed by atoms with E-state index < -0.39 is 5.97 Å². The molecule has 0 saturated heterocycles. The summed E-state index contributed by atoms with van der Waals surface area (Å²) >= 11 is 0. The SMILES string of the molecule is CCCCc1cc(C(=O)O)c(O)c2ccccc12. The van der Waals surface area contributed by atoms with Crippen LogP contribution in [0.2, 0.25) is 0 Å². The number of carboxylic acids is 1. The number of unbranched alkanes of at least 4 members (excludes halogenated alkanes) is 1. The van der Waals surface area contributed by atoms with Crippen molar-refractivity contribution >= 4 is 16.7 Å². The third-order valence-corrected chi connectivity index (χ3v) is 3.13. The molecular formula is C15H16O3. The van der Waals surface area contributed by atoms with Crippen molar-refractivity contribution in [3.63, 3.8) is 0 Å². The Balaban J connectivity index is 2.67. The van der Waals surface area contributed by atoms with Gasteiger partial charge in [0.15, 0.2) is 0 Å². The number of aromatic hydroxyl groups is 1. The van der Waals surface area contributed by atoms with E-state index in [1.54, 1.807) is 18.2 Å². The van der Waals surface area contributed by atoms with E-state index in [9.17, 15) is 9.90 Å². The van der Waals surface area contributed by atoms with Crippen LogP contribution in [0.25, 0.3) is 10.8 Å². The van der Waals surface area contributed by atoms with E-state index >= 15 is 0 Å². The molecule has 0 heterocycles. The maximum atomic E-state index is 11.1. The molecule has 0 atom stereocenters. The summed E-state index contributed by atoms with van der Waals surface area (Å²) in [5.74, 6) is -1.23. The Bertz CT molecular complexity index is 588. The van der Waals surface area contributed by atoms with Crippen LogP contribution < -0.4 is 0 Å². The molecule has 0 bridgehead atoms. The van der Waals surface area contributed by atoms with Gasteiger partial charge < -0.3 is 10.2 Å². The minimum Gasteiger partial charge on any atom is -0.506 e. The average molecular weight is 244 g/mol. The predicted molar refractivity (Wildman–Crippen MR) is 71.2 cm³/mol. The van der Waals surface area contributed by atoms with Crippen LogP contribution in [0, 0.1) is 0 Å². The fourth-order valence-corrected chi connectivity index (χ4v) is 2.17. The summed E-state index contributed by atoms with van der Waals surface area (Å²) in [6.07, 6.45) is 2.89. The molecular weight excluding hydrogens is 228 g/mol. The van der Waals surface area contributed by atoms with Crippen LogP contribution in [-0.4, -0.2) is 16.2 Å². The minimum atomic E-state index is -1.09. The Morgan fingerprint density at radius 2 is 1.89 bits per heavy atom. The lowest BCUT2D eigenvalue weighted by atomic mass is 9.96. The Hall–Kier alpha value is -2.03. The van der Waals surface area contributed by atoms with Crippen molar-refractivity contribution in [2.24, 2.45) is 0 Å². The van der Waals surface area contributed by atoms with Crippen LogP contribution in [0.4, 0.5) is 0 Å². The van der Waals surface area contributed by atoms with Gasteiger partial charge in [-0.25, -0.2) is 4.79 Å². The number of carbonyl (C=O) groups is 1. The van der Waals surface area contributed by atoms with Gasteiger partial charge in [-0.15, -0.1) is 0 Å². The third kappa shape index (κ3) is 2.16. The number of fused-ring (bicyclic) bond motifs is 1. The Kier molecular flexibility index (Phi) is 3.51. The first-order chi connectivity index (χ1) is 8.65. The van der Waals surface area contributed by atoms with E-state index in [0.29, 0.717) is 5.39 Å². The second-order valence-electron chi connectivity index (χ2n) is 4.39. The molecule has 0 aliphatic rings. The molecule has 0 amide bonds. The summed E-state index contributed by atoms with van der Waals surface area (Å²) in [5, 5.41) is 20.7. The molecule has 2 rings (SSSR count). The number of benzene rings is 2. The standard InChI is InChI=1S/C15H16O3/c1-2-3-6-10-9-13(15(17)18)14(16)12-8-5-4-7-11(10)12/h4-5,7-9,16H,2-3,6H2,1H3,(H,17,18).